The highest BCUT2D eigenvalue weighted by molar-refractivity contribution is 7.99. The zero-order chi connectivity index (χ0) is 15.4. The second-order valence-electron chi connectivity index (χ2n) is 6.57. The number of halogens is 1. The van der Waals surface area contributed by atoms with E-state index in [0.717, 1.165) is 10.6 Å². The summed E-state index contributed by atoms with van der Waals surface area (Å²) in [6.45, 7) is 10.9. The van der Waals surface area contributed by atoms with Crippen LogP contribution in [0.4, 0.5) is 4.39 Å². The van der Waals surface area contributed by atoms with Gasteiger partial charge >= 0.3 is 0 Å². The van der Waals surface area contributed by atoms with Gasteiger partial charge in [0.25, 0.3) is 0 Å². The Balaban J connectivity index is 2.87. The van der Waals surface area contributed by atoms with Gasteiger partial charge in [-0.25, -0.2) is 4.39 Å². The lowest BCUT2D eigenvalue weighted by atomic mass is 9.89. The lowest BCUT2D eigenvalue weighted by Crippen LogP contribution is -2.23. The van der Waals surface area contributed by atoms with Gasteiger partial charge in [-0.1, -0.05) is 33.5 Å². The molecule has 0 unspecified atom stereocenters. The summed E-state index contributed by atoms with van der Waals surface area (Å²) in [6, 6.07) is 6.21. The van der Waals surface area contributed by atoms with E-state index in [1.54, 1.807) is 17.8 Å². The molecule has 0 saturated heterocycles. The molecule has 0 aliphatic rings. The van der Waals surface area contributed by atoms with E-state index in [-0.39, 0.29) is 5.82 Å². The first-order valence-corrected chi connectivity index (χ1v) is 12.1. The van der Waals surface area contributed by atoms with Crippen molar-refractivity contribution in [2.24, 2.45) is 0 Å². The summed E-state index contributed by atoms with van der Waals surface area (Å²) in [7, 11) is -1.05. The topological polar surface area (TPSA) is 20.2 Å². The molecule has 1 nitrogen and oxygen atoms in total. The Morgan fingerprint density at radius 1 is 1.15 bits per heavy atom. The van der Waals surface area contributed by atoms with Crippen molar-refractivity contribution < 1.29 is 9.50 Å². The fourth-order valence-electron chi connectivity index (χ4n) is 2.05. The molecule has 1 N–H and O–H groups in total. The minimum absolute atomic E-state index is 0.252. The monoisotopic (exact) mass is 314 g/mol. The molecule has 20 heavy (non-hydrogen) atoms. The van der Waals surface area contributed by atoms with Gasteiger partial charge in [0, 0.05) is 13.0 Å². The van der Waals surface area contributed by atoms with Crippen LogP contribution >= 0.6 is 11.8 Å². The highest BCUT2D eigenvalue weighted by Crippen LogP contribution is 2.32. The summed E-state index contributed by atoms with van der Waals surface area (Å²) in [5.41, 5.74) is -0.200. The van der Waals surface area contributed by atoms with E-state index < -0.39 is 13.7 Å². The van der Waals surface area contributed by atoms with Gasteiger partial charge in [-0.15, -0.1) is 11.8 Å². The average Bonchev–Trinajstić information content (AvgIpc) is 2.35. The summed E-state index contributed by atoms with van der Waals surface area (Å²) < 4.78 is 13.8. The molecule has 0 aliphatic heterocycles. The maximum atomic E-state index is 13.8. The standard InChI is InChI=1S/C16H27FOSSi/c1-6-16(18,7-2)13-10-14(17)12-15(11-13)19-8-9-20(3,4)5/h10-12,18H,6-9H2,1-5H3. The molecule has 0 heterocycles. The van der Waals surface area contributed by atoms with Gasteiger partial charge in [0.05, 0.1) is 5.60 Å². The van der Waals surface area contributed by atoms with Crippen molar-refractivity contribution in [1.29, 1.82) is 0 Å². The van der Waals surface area contributed by atoms with Crippen molar-refractivity contribution in [3.8, 4) is 0 Å². The highest BCUT2D eigenvalue weighted by Gasteiger charge is 2.25. The summed E-state index contributed by atoms with van der Waals surface area (Å²) in [4.78, 5) is 0.929. The quantitative estimate of drug-likeness (QED) is 0.547. The van der Waals surface area contributed by atoms with E-state index >= 15 is 0 Å². The van der Waals surface area contributed by atoms with Gasteiger partial charge in [-0.2, -0.15) is 0 Å². The summed E-state index contributed by atoms with van der Waals surface area (Å²) in [5, 5.41) is 10.5. The Bertz CT molecular complexity index is 439. The Morgan fingerprint density at radius 3 is 2.25 bits per heavy atom. The van der Waals surface area contributed by atoms with Gasteiger partial charge in [0.15, 0.2) is 0 Å². The Hall–Kier alpha value is -0.323. The zero-order valence-corrected chi connectivity index (χ0v) is 15.1. The number of thioether (sulfide) groups is 1. The third-order valence-corrected chi connectivity index (χ3v) is 6.79. The Kier molecular flexibility index (Phi) is 6.29. The fourth-order valence-corrected chi connectivity index (χ4v) is 5.55. The third kappa shape index (κ3) is 5.22. The minimum atomic E-state index is -1.05. The molecule has 0 radical (unpaired) electrons. The van der Waals surface area contributed by atoms with Crippen LogP contribution in [0.25, 0.3) is 0 Å². The molecule has 4 heteroatoms. The smallest absolute Gasteiger partial charge is 0.124 e. The van der Waals surface area contributed by atoms with Crippen molar-refractivity contribution in [1.82, 2.24) is 0 Å². The van der Waals surface area contributed by atoms with Gasteiger partial charge in [0.1, 0.15) is 5.82 Å². The van der Waals surface area contributed by atoms with E-state index in [1.807, 2.05) is 19.9 Å². The molecule has 0 atom stereocenters. The van der Waals surface area contributed by atoms with E-state index in [2.05, 4.69) is 19.6 Å². The molecule has 0 amide bonds. The van der Waals surface area contributed by atoms with Crippen LogP contribution in [0.3, 0.4) is 0 Å². The van der Waals surface area contributed by atoms with Crippen LogP contribution in [0, 0.1) is 5.82 Å². The van der Waals surface area contributed by atoms with Crippen LogP contribution < -0.4 is 0 Å². The average molecular weight is 315 g/mol. The lowest BCUT2D eigenvalue weighted by molar-refractivity contribution is 0.0279. The maximum absolute atomic E-state index is 13.8. The van der Waals surface area contributed by atoms with Gasteiger partial charge in [0.2, 0.25) is 0 Å². The number of aliphatic hydroxyl groups is 1. The summed E-state index contributed by atoms with van der Waals surface area (Å²) in [5.74, 6) is 0.772. The summed E-state index contributed by atoms with van der Waals surface area (Å²) >= 11 is 1.70. The van der Waals surface area contributed by atoms with Crippen LogP contribution in [0.1, 0.15) is 32.3 Å². The van der Waals surface area contributed by atoms with E-state index in [1.165, 1.54) is 12.1 Å². The van der Waals surface area contributed by atoms with Crippen LogP contribution in [-0.2, 0) is 5.60 Å². The van der Waals surface area contributed by atoms with Crippen molar-refractivity contribution in [3.05, 3.63) is 29.6 Å². The molecule has 0 bridgehead atoms. The number of hydrogen-bond acceptors (Lipinski definition) is 2. The predicted octanol–water partition coefficient (Wildman–Crippen LogP) is 5.26. The Labute approximate surface area is 128 Å². The fraction of sp³-hybridized carbons (Fsp3) is 0.625. The predicted molar refractivity (Wildman–Crippen MR) is 89.8 cm³/mol. The number of rotatable bonds is 7. The van der Waals surface area contributed by atoms with Crippen molar-refractivity contribution >= 4 is 19.8 Å². The molecule has 114 valence electrons. The molecule has 0 aliphatic carbocycles. The number of benzene rings is 1. The lowest BCUT2D eigenvalue weighted by Gasteiger charge is -2.26. The zero-order valence-electron chi connectivity index (χ0n) is 13.3. The molecule has 1 aromatic carbocycles. The van der Waals surface area contributed by atoms with E-state index in [9.17, 15) is 9.50 Å². The van der Waals surface area contributed by atoms with Crippen LogP contribution in [-0.4, -0.2) is 18.9 Å². The normalized spacial score (nSPS) is 12.8. The molecule has 1 aromatic rings. The second kappa shape index (κ2) is 7.10. The molecule has 0 saturated carbocycles. The minimum Gasteiger partial charge on any atom is -0.385 e. The summed E-state index contributed by atoms with van der Waals surface area (Å²) in [6.07, 6.45) is 1.21. The molecular weight excluding hydrogens is 287 g/mol. The third-order valence-electron chi connectivity index (χ3n) is 3.70. The first-order chi connectivity index (χ1) is 9.20. The largest absolute Gasteiger partial charge is 0.385 e. The SMILES string of the molecule is CCC(O)(CC)c1cc(F)cc(SCC[Si](C)(C)C)c1. The van der Waals surface area contributed by atoms with Crippen LogP contribution in [0.15, 0.2) is 23.1 Å². The van der Waals surface area contributed by atoms with Gasteiger partial charge in [-0.3, -0.25) is 0 Å². The maximum Gasteiger partial charge on any atom is 0.124 e. The molecule has 1 rings (SSSR count). The molecule has 0 aromatic heterocycles. The van der Waals surface area contributed by atoms with Crippen LogP contribution in [0.2, 0.25) is 25.7 Å². The van der Waals surface area contributed by atoms with Crippen molar-refractivity contribution in [3.63, 3.8) is 0 Å². The van der Waals surface area contributed by atoms with Crippen LogP contribution in [0.5, 0.6) is 0 Å². The van der Waals surface area contributed by atoms with E-state index in [0.29, 0.717) is 18.4 Å². The molecule has 0 spiro atoms. The second-order valence-corrected chi connectivity index (χ2v) is 13.4. The molecular formula is C16H27FOSSi. The first-order valence-electron chi connectivity index (χ1n) is 7.36. The highest BCUT2D eigenvalue weighted by atomic mass is 32.2. The van der Waals surface area contributed by atoms with Gasteiger partial charge in [-0.05, 0) is 48.4 Å². The molecule has 0 fully saturated rings. The first kappa shape index (κ1) is 17.7. The van der Waals surface area contributed by atoms with Crippen molar-refractivity contribution in [2.75, 3.05) is 5.75 Å². The number of hydrogen-bond donors (Lipinski definition) is 1. The van der Waals surface area contributed by atoms with Crippen molar-refractivity contribution in [2.45, 2.75) is 62.9 Å². The van der Waals surface area contributed by atoms with Gasteiger partial charge < -0.3 is 5.11 Å². The Morgan fingerprint density at radius 2 is 1.75 bits per heavy atom. The van der Waals surface area contributed by atoms with E-state index in [4.69, 9.17) is 0 Å².